The van der Waals surface area contributed by atoms with Crippen molar-refractivity contribution in [2.24, 2.45) is 0 Å². The summed E-state index contributed by atoms with van der Waals surface area (Å²) in [5.74, 6) is 0. The molecule has 1 aromatic heterocycles. The lowest BCUT2D eigenvalue weighted by Crippen LogP contribution is -2.54. The average Bonchev–Trinajstić information content (AvgIpc) is 2.78. The molecule has 154 valence electrons. The van der Waals surface area contributed by atoms with Crippen LogP contribution in [0.2, 0.25) is 5.02 Å². The van der Waals surface area contributed by atoms with Gasteiger partial charge in [-0.1, -0.05) is 41.9 Å². The lowest BCUT2D eigenvalue weighted by atomic mass is 9.88. The minimum atomic E-state index is -0.144. The van der Waals surface area contributed by atoms with Gasteiger partial charge in [0.05, 0.1) is 16.8 Å². The topological polar surface area (TPSA) is 70.0 Å². The monoisotopic (exact) mass is 420 g/mol. The second-order valence-electron chi connectivity index (χ2n) is 7.84. The van der Waals surface area contributed by atoms with E-state index < -0.39 is 0 Å². The Hall–Kier alpha value is -2.65. The van der Waals surface area contributed by atoms with Crippen LogP contribution in [-0.2, 0) is 4.74 Å². The summed E-state index contributed by atoms with van der Waals surface area (Å²) in [4.78, 5) is 4.40. The number of aromatic nitrogens is 1. The van der Waals surface area contributed by atoms with E-state index in [4.69, 9.17) is 16.3 Å². The van der Waals surface area contributed by atoms with Gasteiger partial charge in [-0.2, -0.15) is 5.26 Å². The van der Waals surface area contributed by atoms with Crippen LogP contribution in [0.3, 0.4) is 0 Å². The standard InChI is InChI=1S/C24H25ClN4O/c1-17(18-5-3-2-4-6-18)29-24(9-11-30-12-10-24)16-28-23-19(14-26)15-27-22-8-7-20(25)13-21(22)23/h2-8,13,15,17,29H,9-12,16H2,1H3,(H,27,28). The molecule has 30 heavy (non-hydrogen) atoms. The third-order valence-electron chi connectivity index (χ3n) is 5.83. The van der Waals surface area contributed by atoms with Crippen LogP contribution in [0.25, 0.3) is 10.9 Å². The summed E-state index contributed by atoms with van der Waals surface area (Å²) in [5, 5.41) is 18.5. The van der Waals surface area contributed by atoms with Crippen LogP contribution in [0.15, 0.2) is 54.7 Å². The first-order valence-corrected chi connectivity index (χ1v) is 10.6. The molecule has 2 aromatic carbocycles. The predicted octanol–water partition coefficient (Wildman–Crippen LogP) is 5.07. The SMILES string of the molecule is CC(NC1(CNc2c(C#N)cnc3ccc(Cl)cc23)CCOCC1)c1ccccc1. The zero-order valence-corrected chi connectivity index (χ0v) is 17.7. The molecular formula is C24H25ClN4O. The first kappa shape index (κ1) is 20.6. The molecule has 3 aromatic rings. The number of hydrogen-bond donors (Lipinski definition) is 2. The highest BCUT2D eigenvalue weighted by molar-refractivity contribution is 6.31. The smallest absolute Gasteiger partial charge is 0.103 e. The number of benzene rings is 2. The summed E-state index contributed by atoms with van der Waals surface area (Å²) in [6.45, 7) is 4.29. The quantitative estimate of drug-likeness (QED) is 0.582. The zero-order valence-electron chi connectivity index (χ0n) is 17.0. The Kier molecular flexibility index (Phi) is 6.19. The van der Waals surface area contributed by atoms with E-state index in [1.54, 1.807) is 6.20 Å². The van der Waals surface area contributed by atoms with E-state index in [0.29, 0.717) is 30.3 Å². The molecule has 1 fully saturated rings. The molecule has 1 atom stereocenters. The molecule has 0 amide bonds. The maximum atomic E-state index is 9.64. The maximum Gasteiger partial charge on any atom is 0.103 e. The van der Waals surface area contributed by atoms with Crippen molar-refractivity contribution in [2.45, 2.75) is 31.3 Å². The van der Waals surface area contributed by atoms with Gasteiger partial charge in [-0.3, -0.25) is 4.98 Å². The molecular weight excluding hydrogens is 396 g/mol. The summed E-state index contributed by atoms with van der Waals surface area (Å²) in [6, 6.07) is 18.5. The van der Waals surface area contributed by atoms with Crippen molar-refractivity contribution < 1.29 is 4.74 Å². The second-order valence-corrected chi connectivity index (χ2v) is 8.28. The summed E-state index contributed by atoms with van der Waals surface area (Å²) < 4.78 is 5.65. The van der Waals surface area contributed by atoms with E-state index in [1.807, 2.05) is 24.3 Å². The van der Waals surface area contributed by atoms with Crippen molar-refractivity contribution >= 4 is 28.2 Å². The van der Waals surface area contributed by atoms with Crippen LogP contribution in [-0.4, -0.2) is 30.3 Å². The molecule has 2 heterocycles. The highest BCUT2D eigenvalue weighted by Gasteiger charge is 2.34. The number of nitriles is 1. The highest BCUT2D eigenvalue weighted by Crippen LogP contribution is 2.31. The maximum absolute atomic E-state index is 9.64. The van der Waals surface area contributed by atoms with Gasteiger partial charge in [-0.15, -0.1) is 0 Å². The number of hydrogen-bond acceptors (Lipinski definition) is 5. The molecule has 2 N–H and O–H groups in total. The largest absolute Gasteiger partial charge is 0.382 e. The number of nitrogens with one attached hydrogen (secondary N) is 2. The summed E-state index contributed by atoms with van der Waals surface area (Å²) in [5.41, 5.74) is 3.22. The Bertz CT molecular complexity index is 1060. The molecule has 4 rings (SSSR count). The van der Waals surface area contributed by atoms with Gasteiger partial charge in [-0.25, -0.2) is 0 Å². The number of ether oxygens (including phenoxy) is 1. The third-order valence-corrected chi connectivity index (χ3v) is 6.06. The van der Waals surface area contributed by atoms with Gasteiger partial charge in [0.1, 0.15) is 6.07 Å². The molecule has 0 spiro atoms. The summed E-state index contributed by atoms with van der Waals surface area (Å²) in [6.07, 6.45) is 3.40. The number of fused-ring (bicyclic) bond motifs is 1. The molecule has 1 aliphatic heterocycles. The van der Waals surface area contributed by atoms with E-state index in [1.165, 1.54) is 5.56 Å². The Morgan fingerprint density at radius 3 is 2.70 bits per heavy atom. The molecule has 0 saturated carbocycles. The first-order chi connectivity index (χ1) is 14.6. The van der Waals surface area contributed by atoms with Gasteiger partial charge in [0.25, 0.3) is 0 Å². The molecule has 0 bridgehead atoms. The van der Waals surface area contributed by atoms with Crippen LogP contribution >= 0.6 is 11.6 Å². The third kappa shape index (κ3) is 4.41. The summed E-state index contributed by atoms with van der Waals surface area (Å²) in [7, 11) is 0. The van der Waals surface area contributed by atoms with E-state index in [2.05, 4.69) is 52.9 Å². The van der Waals surface area contributed by atoms with Crippen molar-refractivity contribution in [3.05, 3.63) is 70.9 Å². The minimum Gasteiger partial charge on any atom is -0.382 e. The Morgan fingerprint density at radius 1 is 1.20 bits per heavy atom. The molecule has 0 aliphatic carbocycles. The van der Waals surface area contributed by atoms with Crippen molar-refractivity contribution in [2.75, 3.05) is 25.1 Å². The van der Waals surface area contributed by atoms with Crippen molar-refractivity contribution in [3.63, 3.8) is 0 Å². The normalized spacial score (nSPS) is 16.7. The van der Waals surface area contributed by atoms with E-state index in [9.17, 15) is 5.26 Å². The number of pyridine rings is 1. The molecule has 6 heteroatoms. The fraction of sp³-hybridized carbons (Fsp3) is 0.333. The second kappa shape index (κ2) is 9.01. The fourth-order valence-corrected chi connectivity index (χ4v) is 4.29. The van der Waals surface area contributed by atoms with Crippen molar-refractivity contribution in [3.8, 4) is 6.07 Å². The van der Waals surface area contributed by atoms with Gasteiger partial charge in [0.15, 0.2) is 0 Å². The highest BCUT2D eigenvalue weighted by atomic mass is 35.5. The van der Waals surface area contributed by atoms with Gasteiger partial charge < -0.3 is 15.4 Å². The molecule has 1 unspecified atom stereocenters. The predicted molar refractivity (Wildman–Crippen MR) is 121 cm³/mol. The van der Waals surface area contributed by atoms with Crippen molar-refractivity contribution in [1.82, 2.24) is 10.3 Å². The van der Waals surface area contributed by atoms with Crippen LogP contribution in [0.1, 0.15) is 36.9 Å². The Labute approximate surface area is 182 Å². The molecule has 1 aliphatic rings. The van der Waals surface area contributed by atoms with E-state index in [0.717, 1.165) is 29.4 Å². The molecule has 0 radical (unpaired) electrons. The first-order valence-electron chi connectivity index (χ1n) is 10.2. The fourth-order valence-electron chi connectivity index (χ4n) is 4.12. The van der Waals surface area contributed by atoms with Crippen LogP contribution in [0, 0.1) is 11.3 Å². The summed E-state index contributed by atoms with van der Waals surface area (Å²) >= 11 is 6.23. The van der Waals surface area contributed by atoms with Crippen LogP contribution in [0.4, 0.5) is 5.69 Å². The minimum absolute atomic E-state index is 0.144. The number of nitrogens with zero attached hydrogens (tertiary/aromatic N) is 2. The number of anilines is 1. The molecule has 1 saturated heterocycles. The lowest BCUT2D eigenvalue weighted by molar-refractivity contribution is 0.0389. The zero-order chi connectivity index (χ0) is 21.0. The van der Waals surface area contributed by atoms with Crippen molar-refractivity contribution in [1.29, 1.82) is 5.26 Å². The van der Waals surface area contributed by atoms with Crippen LogP contribution < -0.4 is 10.6 Å². The van der Waals surface area contributed by atoms with Gasteiger partial charge in [-0.05, 0) is 43.5 Å². The Morgan fingerprint density at radius 2 is 1.97 bits per heavy atom. The average molecular weight is 421 g/mol. The lowest BCUT2D eigenvalue weighted by Gasteiger charge is -2.41. The van der Waals surface area contributed by atoms with Gasteiger partial charge in [0, 0.05) is 47.9 Å². The number of halogens is 1. The van der Waals surface area contributed by atoms with E-state index >= 15 is 0 Å². The number of rotatable bonds is 6. The van der Waals surface area contributed by atoms with E-state index in [-0.39, 0.29) is 11.6 Å². The van der Waals surface area contributed by atoms with Gasteiger partial charge in [0.2, 0.25) is 0 Å². The van der Waals surface area contributed by atoms with Gasteiger partial charge >= 0.3 is 0 Å². The Balaban J connectivity index is 1.62. The molecule has 5 nitrogen and oxygen atoms in total. The van der Waals surface area contributed by atoms with Crippen LogP contribution in [0.5, 0.6) is 0 Å².